The molecular weight excluding hydrogens is 186 g/mol. The molecule has 2 rings (SSSR count). The smallest absolute Gasteiger partial charge is 0.254 e. The van der Waals surface area contributed by atoms with E-state index in [0.29, 0.717) is 16.6 Å². The van der Waals surface area contributed by atoms with Gasteiger partial charge in [0.2, 0.25) is 0 Å². The molecule has 0 bridgehead atoms. The first-order valence-corrected chi connectivity index (χ1v) is 4.63. The van der Waals surface area contributed by atoms with E-state index in [1.807, 2.05) is 11.8 Å². The molecule has 1 heterocycles. The molecular formula is C10H10ClNO. The maximum absolute atomic E-state index is 11.6. The van der Waals surface area contributed by atoms with Gasteiger partial charge in [-0.05, 0) is 25.1 Å². The van der Waals surface area contributed by atoms with Crippen molar-refractivity contribution in [3.8, 4) is 0 Å². The zero-order chi connectivity index (χ0) is 9.42. The van der Waals surface area contributed by atoms with Crippen molar-refractivity contribution in [1.82, 2.24) is 4.90 Å². The van der Waals surface area contributed by atoms with Crippen LogP contribution in [0.5, 0.6) is 0 Å². The van der Waals surface area contributed by atoms with Gasteiger partial charge in [0.1, 0.15) is 0 Å². The maximum atomic E-state index is 11.6. The molecule has 0 N–H and O–H groups in total. The zero-order valence-electron chi connectivity index (χ0n) is 7.33. The van der Waals surface area contributed by atoms with E-state index in [4.69, 9.17) is 11.6 Å². The summed E-state index contributed by atoms with van der Waals surface area (Å²) in [5.41, 5.74) is 0.678. The Morgan fingerprint density at radius 1 is 1.62 bits per heavy atom. The van der Waals surface area contributed by atoms with E-state index < -0.39 is 0 Å². The highest BCUT2D eigenvalue weighted by molar-refractivity contribution is 6.30. The van der Waals surface area contributed by atoms with Gasteiger partial charge < -0.3 is 4.90 Å². The molecule has 0 spiro atoms. The maximum Gasteiger partial charge on any atom is 0.254 e. The number of rotatable bonds is 1. The number of benzene rings is 1. The quantitative estimate of drug-likeness (QED) is 0.629. The standard InChI is InChI=1S/C10H10ClNO/c1-7-6-12(7)10(13)8-3-2-4-9(11)5-8/h2-5,7H,6H2,1H3. The molecule has 0 radical (unpaired) electrons. The number of nitrogens with zero attached hydrogens (tertiary/aromatic N) is 1. The largest absolute Gasteiger partial charge is 0.332 e. The summed E-state index contributed by atoms with van der Waals surface area (Å²) in [7, 11) is 0. The van der Waals surface area contributed by atoms with Gasteiger partial charge in [0, 0.05) is 23.2 Å². The van der Waals surface area contributed by atoms with Crippen LogP contribution in [0.2, 0.25) is 5.02 Å². The molecule has 0 aromatic heterocycles. The highest BCUT2D eigenvalue weighted by Crippen LogP contribution is 2.21. The summed E-state index contributed by atoms with van der Waals surface area (Å²) in [6.45, 7) is 2.90. The molecule has 3 heteroatoms. The molecule has 1 amide bonds. The lowest BCUT2D eigenvalue weighted by atomic mass is 10.2. The van der Waals surface area contributed by atoms with Crippen molar-refractivity contribution >= 4 is 17.5 Å². The first kappa shape index (κ1) is 8.57. The van der Waals surface area contributed by atoms with E-state index in [-0.39, 0.29) is 5.91 Å². The van der Waals surface area contributed by atoms with Crippen LogP contribution < -0.4 is 0 Å². The lowest BCUT2D eigenvalue weighted by Crippen LogP contribution is -2.12. The van der Waals surface area contributed by atoms with Gasteiger partial charge in [-0.3, -0.25) is 4.79 Å². The van der Waals surface area contributed by atoms with Crippen molar-refractivity contribution in [2.45, 2.75) is 13.0 Å². The summed E-state index contributed by atoms with van der Waals surface area (Å²) in [6, 6.07) is 7.45. The lowest BCUT2D eigenvalue weighted by molar-refractivity contribution is 0.0876. The molecule has 1 fully saturated rings. The summed E-state index contributed by atoms with van der Waals surface area (Å²) in [6.07, 6.45) is 0. The van der Waals surface area contributed by atoms with Crippen LogP contribution >= 0.6 is 11.6 Å². The van der Waals surface area contributed by atoms with Crippen molar-refractivity contribution in [2.75, 3.05) is 6.54 Å². The molecule has 1 saturated heterocycles. The molecule has 1 aliphatic rings. The number of amides is 1. The fourth-order valence-electron chi connectivity index (χ4n) is 1.31. The molecule has 1 atom stereocenters. The van der Waals surface area contributed by atoms with E-state index in [2.05, 4.69) is 0 Å². The van der Waals surface area contributed by atoms with Crippen LogP contribution in [0.4, 0.5) is 0 Å². The van der Waals surface area contributed by atoms with E-state index in [1.165, 1.54) is 0 Å². The zero-order valence-corrected chi connectivity index (χ0v) is 8.08. The van der Waals surface area contributed by atoms with E-state index in [0.717, 1.165) is 6.54 Å². The fourth-order valence-corrected chi connectivity index (χ4v) is 1.50. The first-order chi connectivity index (χ1) is 6.18. The van der Waals surface area contributed by atoms with Crippen molar-refractivity contribution in [2.24, 2.45) is 0 Å². The minimum Gasteiger partial charge on any atom is -0.332 e. The van der Waals surface area contributed by atoms with Crippen LogP contribution in [0.15, 0.2) is 24.3 Å². The Labute approximate surface area is 82.1 Å². The summed E-state index contributed by atoms with van der Waals surface area (Å²) >= 11 is 5.78. The number of halogens is 1. The van der Waals surface area contributed by atoms with E-state index in [1.54, 1.807) is 24.3 Å². The van der Waals surface area contributed by atoms with Crippen molar-refractivity contribution in [1.29, 1.82) is 0 Å². The monoisotopic (exact) mass is 195 g/mol. The van der Waals surface area contributed by atoms with Gasteiger partial charge >= 0.3 is 0 Å². The second-order valence-corrected chi connectivity index (χ2v) is 3.75. The Hall–Kier alpha value is -1.02. The Balaban J connectivity index is 2.21. The summed E-state index contributed by atoms with van der Waals surface area (Å²) in [5.74, 6) is 0.0787. The minimum atomic E-state index is 0.0787. The third kappa shape index (κ3) is 1.68. The molecule has 1 aromatic rings. The van der Waals surface area contributed by atoms with Gasteiger partial charge in [-0.1, -0.05) is 17.7 Å². The molecule has 1 aliphatic heterocycles. The van der Waals surface area contributed by atoms with E-state index in [9.17, 15) is 4.79 Å². The Morgan fingerprint density at radius 3 is 2.85 bits per heavy atom. The number of carbonyl (C=O) groups is 1. The summed E-state index contributed by atoms with van der Waals surface area (Å²) in [5, 5.41) is 0.611. The number of hydrogen-bond donors (Lipinski definition) is 0. The van der Waals surface area contributed by atoms with Crippen LogP contribution in [0.1, 0.15) is 17.3 Å². The Bertz CT molecular complexity index is 351. The predicted molar refractivity (Wildman–Crippen MR) is 52.0 cm³/mol. The molecule has 1 unspecified atom stereocenters. The van der Waals surface area contributed by atoms with Crippen molar-refractivity contribution in [3.05, 3.63) is 34.9 Å². The number of carbonyl (C=O) groups excluding carboxylic acids is 1. The van der Waals surface area contributed by atoms with Crippen LogP contribution in [0.3, 0.4) is 0 Å². The van der Waals surface area contributed by atoms with Gasteiger partial charge in [0.25, 0.3) is 5.91 Å². The average Bonchev–Trinajstić information content (AvgIpc) is 2.81. The second-order valence-electron chi connectivity index (χ2n) is 3.32. The van der Waals surface area contributed by atoms with Crippen LogP contribution in [-0.2, 0) is 0 Å². The van der Waals surface area contributed by atoms with Gasteiger partial charge in [0.05, 0.1) is 0 Å². The highest BCUT2D eigenvalue weighted by Gasteiger charge is 2.34. The molecule has 0 aliphatic carbocycles. The normalized spacial score (nSPS) is 20.2. The third-order valence-electron chi connectivity index (χ3n) is 2.19. The number of hydrogen-bond acceptors (Lipinski definition) is 1. The van der Waals surface area contributed by atoms with Gasteiger partial charge in [-0.25, -0.2) is 0 Å². The van der Waals surface area contributed by atoms with E-state index >= 15 is 0 Å². The minimum absolute atomic E-state index is 0.0787. The Morgan fingerprint density at radius 2 is 2.31 bits per heavy atom. The molecule has 1 aromatic carbocycles. The van der Waals surface area contributed by atoms with Gasteiger partial charge in [0.15, 0.2) is 0 Å². The third-order valence-corrected chi connectivity index (χ3v) is 2.43. The first-order valence-electron chi connectivity index (χ1n) is 4.25. The molecule has 0 saturated carbocycles. The lowest BCUT2D eigenvalue weighted by Gasteiger charge is -2.02. The fraction of sp³-hybridized carbons (Fsp3) is 0.300. The molecule has 68 valence electrons. The van der Waals surface area contributed by atoms with Crippen LogP contribution in [0, 0.1) is 0 Å². The molecule has 13 heavy (non-hydrogen) atoms. The molecule has 2 nitrogen and oxygen atoms in total. The van der Waals surface area contributed by atoms with Gasteiger partial charge in [-0.2, -0.15) is 0 Å². The van der Waals surface area contributed by atoms with Crippen LogP contribution in [0.25, 0.3) is 0 Å². The van der Waals surface area contributed by atoms with Gasteiger partial charge in [-0.15, -0.1) is 0 Å². The average molecular weight is 196 g/mol. The second kappa shape index (κ2) is 3.04. The van der Waals surface area contributed by atoms with Crippen molar-refractivity contribution < 1.29 is 4.79 Å². The Kier molecular flexibility index (Phi) is 2.00. The van der Waals surface area contributed by atoms with Crippen LogP contribution in [-0.4, -0.2) is 23.4 Å². The summed E-state index contributed by atoms with van der Waals surface area (Å²) in [4.78, 5) is 13.4. The topological polar surface area (TPSA) is 20.1 Å². The summed E-state index contributed by atoms with van der Waals surface area (Å²) < 4.78 is 0. The highest BCUT2D eigenvalue weighted by atomic mass is 35.5. The predicted octanol–water partition coefficient (Wildman–Crippen LogP) is 2.18. The SMILES string of the molecule is CC1CN1C(=O)c1cccc(Cl)c1. The van der Waals surface area contributed by atoms with Crippen molar-refractivity contribution in [3.63, 3.8) is 0 Å².